The summed E-state index contributed by atoms with van der Waals surface area (Å²) in [7, 11) is 0. The van der Waals surface area contributed by atoms with Gasteiger partial charge in [0.05, 0.1) is 25.4 Å². The number of unbranched alkanes of at least 4 members (excludes halogenated alkanes) is 49. The molecule has 6 heteroatoms. The summed E-state index contributed by atoms with van der Waals surface area (Å²) >= 11 is 0. The van der Waals surface area contributed by atoms with E-state index in [1.807, 2.05) is 6.08 Å². The largest absolute Gasteiger partial charge is 0.466 e. The van der Waals surface area contributed by atoms with E-state index in [0.29, 0.717) is 19.4 Å². The first-order valence-corrected chi connectivity index (χ1v) is 35.4. The van der Waals surface area contributed by atoms with Gasteiger partial charge in [-0.2, -0.15) is 0 Å². The lowest BCUT2D eigenvalue weighted by Gasteiger charge is -2.20. The number of carbonyl (C=O) groups excluding carboxylic acids is 2. The molecular weight excluding hydrogens is 971 g/mol. The maximum absolute atomic E-state index is 12.5. The average molecular weight is 1110 g/mol. The van der Waals surface area contributed by atoms with Crippen LogP contribution in [0.5, 0.6) is 0 Å². The fourth-order valence-corrected chi connectivity index (χ4v) is 10.9. The minimum absolute atomic E-state index is 0.000158. The third-order valence-electron chi connectivity index (χ3n) is 16.3. The van der Waals surface area contributed by atoms with Crippen LogP contribution in [-0.4, -0.2) is 47.4 Å². The van der Waals surface area contributed by atoms with Crippen LogP contribution in [0.25, 0.3) is 0 Å². The highest BCUT2D eigenvalue weighted by Gasteiger charge is 2.18. The fourth-order valence-electron chi connectivity index (χ4n) is 10.9. The van der Waals surface area contributed by atoms with E-state index < -0.39 is 12.1 Å². The zero-order valence-corrected chi connectivity index (χ0v) is 53.1. The molecule has 464 valence electrons. The lowest BCUT2D eigenvalue weighted by Crippen LogP contribution is -2.45. The van der Waals surface area contributed by atoms with E-state index in [1.165, 1.54) is 302 Å². The molecule has 0 aliphatic carbocycles. The van der Waals surface area contributed by atoms with Crippen LogP contribution in [0.2, 0.25) is 0 Å². The van der Waals surface area contributed by atoms with Crippen LogP contribution in [-0.2, 0) is 14.3 Å². The SMILES string of the molecule is CCC/C=C\C/C=C\CCCCCCCC(=O)OCCCCCCCCCCCCCC/C=C\CCCCCCCCCCCCCCC(=O)NC(CO)C(O)/C=C/CCCCCCCCCCCCCCCCCCCCC. The van der Waals surface area contributed by atoms with Crippen LogP contribution in [0.1, 0.15) is 380 Å². The van der Waals surface area contributed by atoms with Crippen molar-refractivity contribution in [3.8, 4) is 0 Å². The Labute approximate surface area is 493 Å². The van der Waals surface area contributed by atoms with E-state index >= 15 is 0 Å². The molecule has 0 heterocycles. The zero-order valence-electron chi connectivity index (χ0n) is 53.1. The van der Waals surface area contributed by atoms with Crippen LogP contribution in [0, 0.1) is 0 Å². The maximum atomic E-state index is 12.5. The van der Waals surface area contributed by atoms with Gasteiger partial charge in [-0.05, 0) is 83.5 Å². The lowest BCUT2D eigenvalue weighted by molar-refractivity contribution is -0.143. The van der Waals surface area contributed by atoms with Gasteiger partial charge in [0.25, 0.3) is 0 Å². The molecule has 3 N–H and O–H groups in total. The summed E-state index contributed by atoms with van der Waals surface area (Å²) in [6, 6.07) is -0.629. The van der Waals surface area contributed by atoms with Crippen molar-refractivity contribution in [1.82, 2.24) is 5.32 Å². The van der Waals surface area contributed by atoms with Crippen molar-refractivity contribution in [3.05, 3.63) is 48.6 Å². The molecule has 0 aliphatic heterocycles. The third-order valence-corrected chi connectivity index (χ3v) is 16.3. The Morgan fingerprint density at radius 1 is 0.354 bits per heavy atom. The first-order valence-electron chi connectivity index (χ1n) is 35.4. The number of aliphatic hydroxyl groups excluding tert-OH is 2. The minimum atomic E-state index is -0.846. The van der Waals surface area contributed by atoms with Gasteiger partial charge in [0.1, 0.15) is 0 Å². The molecule has 0 radical (unpaired) electrons. The molecule has 2 unspecified atom stereocenters. The molecule has 0 rings (SSSR count). The second-order valence-corrected chi connectivity index (χ2v) is 24.2. The predicted molar refractivity (Wildman–Crippen MR) is 347 cm³/mol. The number of rotatable bonds is 66. The van der Waals surface area contributed by atoms with Gasteiger partial charge in [-0.3, -0.25) is 9.59 Å². The Morgan fingerprint density at radius 2 is 0.658 bits per heavy atom. The first kappa shape index (κ1) is 76.8. The van der Waals surface area contributed by atoms with E-state index in [2.05, 4.69) is 55.6 Å². The molecule has 0 aliphatic rings. The quantitative estimate of drug-likeness (QED) is 0.0320. The molecule has 0 fully saturated rings. The van der Waals surface area contributed by atoms with E-state index in [1.54, 1.807) is 6.08 Å². The Bertz CT molecular complexity index is 1320. The summed E-state index contributed by atoms with van der Waals surface area (Å²) in [6.45, 7) is 4.86. The van der Waals surface area contributed by atoms with Gasteiger partial charge < -0.3 is 20.3 Å². The second kappa shape index (κ2) is 68.3. The predicted octanol–water partition coefficient (Wildman–Crippen LogP) is 22.9. The van der Waals surface area contributed by atoms with E-state index in [9.17, 15) is 19.8 Å². The van der Waals surface area contributed by atoms with Crippen molar-refractivity contribution in [2.24, 2.45) is 0 Å². The normalized spacial score (nSPS) is 12.8. The highest BCUT2D eigenvalue weighted by Crippen LogP contribution is 2.18. The summed E-state index contributed by atoms with van der Waals surface area (Å²) in [6.07, 6.45) is 89.0. The third kappa shape index (κ3) is 64.8. The Kier molecular flexibility index (Phi) is 66.4. The number of nitrogens with one attached hydrogen (secondary N) is 1. The van der Waals surface area contributed by atoms with Crippen molar-refractivity contribution in [3.63, 3.8) is 0 Å². The van der Waals surface area contributed by atoms with Crippen molar-refractivity contribution in [1.29, 1.82) is 0 Å². The number of hydrogen-bond acceptors (Lipinski definition) is 5. The second-order valence-electron chi connectivity index (χ2n) is 24.2. The standard InChI is InChI=1S/C73H137NO5/c1-3-5-7-9-11-13-15-17-18-19-20-29-32-35-38-42-45-49-53-57-61-65-71(76)70(69-75)74-72(77)66-62-58-54-50-46-43-39-36-33-30-27-25-23-21-22-24-26-28-31-34-37-40-44-48-52-56-60-64-68-79-73(78)67-63-59-55-51-47-41-16-14-12-10-8-6-4-2/h8,10,14,16,21-22,61,65,70-71,75-76H,3-7,9,11-13,15,17-20,23-60,62-64,66-69H2,1-2H3,(H,74,77)/b10-8-,16-14-,22-21-,65-61+. The number of amides is 1. The molecule has 0 saturated carbocycles. The molecule has 1 amide bonds. The van der Waals surface area contributed by atoms with Gasteiger partial charge in [-0.15, -0.1) is 0 Å². The van der Waals surface area contributed by atoms with Crippen molar-refractivity contribution >= 4 is 11.9 Å². The van der Waals surface area contributed by atoms with Gasteiger partial charge in [0, 0.05) is 12.8 Å². The van der Waals surface area contributed by atoms with E-state index in [-0.39, 0.29) is 18.5 Å². The number of allylic oxidation sites excluding steroid dienone is 7. The smallest absolute Gasteiger partial charge is 0.305 e. The number of hydrogen-bond donors (Lipinski definition) is 3. The first-order chi connectivity index (χ1) is 39.0. The van der Waals surface area contributed by atoms with Crippen LogP contribution < -0.4 is 5.32 Å². The number of aliphatic hydroxyl groups is 2. The average Bonchev–Trinajstić information content (AvgIpc) is 3.45. The molecule has 0 aromatic heterocycles. The molecule has 0 aromatic carbocycles. The van der Waals surface area contributed by atoms with E-state index in [0.717, 1.165) is 51.4 Å². The number of ether oxygens (including phenoxy) is 1. The van der Waals surface area contributed by atoms with Gasteiger partial charge in [0.15, 0.2) is 0 Å². The fraction of sp³-hybridized carbons (Fsp3) is 0.863. The van der Waals surface area contributed by atoms with E-state index in [4.69, 9.17) is 4.74 Å². The Hall–Kier alpha value is -2.18. The maximum Gasteiger partial charge on any atom is 0.305 e. The van der Waals surface area contributed by atoms with Gasteiger partial charge in [-0.1, -0.05) is 332 Å². The van der Waals surface area contributed by atoms with Crippen molar-refractivity contribution < 1.29 is 24.5 Å². The van der Waals surface area contributed by atoms with Crippen LogP contribution in [0.4, 0.5) is 0 Å². The molecule has 0 bridgehead atoms. The molecule has 79 heavy (non-hydrogen) atoms. The topological polar surface area (TPSA) is 95.9 Å². The molecule has 0 saturated heterocycles. The lowest BCUT2D eigenvalue weighted by atomic mass is 10.0. The summed E-state index contributed by atoms with van der Waals surface area (Å²) in [5.74, 6) is -0.0646. The van der Waals surface area contributed by atoms with Crippen LogP contribution in [0.3, 0.4) is 0 Å². The highest BCUT2D eigenvalue weighted by atomic mass is 16.5. The Morgan fingerprint density at radius 3 is 1.03 bits per heavy atom. The number of carbonyl (C=O) groups is 2. The molecule has 2 atom stereocenters. The molecule has 0 spiro atoms. The monoisotopic (exact) mass is 1110 g/mol. The number of esters is 1. The Balaban J connectivity index is 3.41. The van der Waals surface area contributed by atoms with Crippen LogP contribution >= 0.6 is 0 Å². The highest BCUT2D eigenvalue weighted by molar-refractivity contribution is 5.76. The van der Waals surface area contributed by atoms with Gasteiger partial charge in [-0.25, -0.2) is 0 Å². The summed E-state index contributed by atoms with van der Waals surface area (Å²) in [4.78, 5) is 24.6. The summed E-state index contributed by atoms with van der Waals surface area (Å²) in [5, 5.41) is 23.3. The minimum Gasteiger partial charge on any atom is -0.466 e. The van der Waals surface area contributed by atoms with Crippen molar-refractivity contribution in [2.75, 3.05) is 13.2 Å². The van der Waals surface area contributed by atoms with Crippen molar-refractivity contribution in [2.45, 2.75) is 392 Å². The van der Waals surface area contributed by atoms with Gasteiger partial charge >= 0.3 is 5.97 Å². The van der Waals surface area contributed by atoms with Crippen LogP contribution in [0.15, 0.2) is 48.6 Å². The molecule has 0 aromatic rings. The van der Waals surface area contributed by atoms with Gasteiger partial charge in [0.2, 0.25) is 5.91 Å². The molecular formula is C73H137NO5. The summed E-state index contributed by atoms with van der Waals surface area (Å²) in [5.41, 5.74) is 0. The molecule has 6 nitrogen and oxygen atoms in total. The summed E-state index contributed by atoms with van der Waals surface area (Å²) < 4.78 is 5.47. The zero-order chi connectivity index (χ0) is 57.1.